The van der Waals surface area contributed by atoms with Crippen molar-refractivity contribution in [1.82, 2.24) is 19.5 Å². The van der Waals surface area contributed by atoms with Crippen LogP contribution in [0.3, 0.4) is 0 Å². The number of rotatable bonds is 4. The van der Waals surface area contributed by atoms with Crippen LogP contribution >= 0.6 is 0 Å². The lowest BCUT2D eigenvalue weighted by molar-refractivity contribution is -0.120. The lowest BCUT2D eigenvalue weighted by atomic mass is 10.2. The molecule has 144 valence electrons. The Labute approximate surface area is 162 Å². The summed E-state index contributed by atoms with van der Waals surface area (Å²) in [6.07, 6.45) is 5.33. The Kier molecular flexibility index (Phi) is 4.79. The topological polar surface area (TPSA) is 91.0 Å². The molecular formula is C20H21N5O3. The Balaban J connectivity index is 1.51. The van der Waals surface area contributed by atoms with Gasteiger partial charge >= 0.3 is 0 Å². The molecule has 0 radical (unpaired) electrons. The third-order valence-electron chi connectivity index (χ3n) is 4.89. The fourth-order valence-electron chi connectivity index (χ4n) is 3.34. The van der Waals surface area contributed by atoms with Crippen molar-refractivity contribution >= 4 is 23.1 Å². The maximum atomic E-state index is 12.9. The van der Waals surface area contributed by atoms with E-state index in [1.807, 2.05) is 31.2 Å². The number of aryl methyl sites for hydroxylation is 1. The second-order valence-corrected chi connectivity index (χ2v) is 6.87. The maximum absolute atomic E-state index is 12.9. The molecule has 1 fully saturated rings. The highest BCUT2D eigenvalue weighted by Crippen LogP contribution is 2.20. The molecule has 1 aromatic carbocycles. The van der Waals surface area contributed by atoms with Crippen LogP contribution in [0.1, 0.15) is 21.5 Å². The second kappa shape index (κ2) is 7.40. The van der Waals surface area contributed by atoms with Gasteiger partial charge in [0.1, 0.15) is 12.1 Å². The number of nitrogens with zero attached hydrogens (tertiary/aromatic N) is 5. The van der Waals surface area contributed by atoms with E-state index >= 15 is 0 Å². The summed E-state index contributed by atoms with van der Waals surface area (Å²) in [5, 5.41) is 13.2. The van der Waals surface area contributed by atoms with E-state index in [0.717, 1.165) is 16.8 Å². The zero-order valence-electron chi connectivity index (χ0n) is 15.6. The molecule has 0 saturated carbocycles. The fraction of sp³-hybridized carbons (Fsp3) is 0.300. The van der Waals surface area contributed by atoms with Crippen molar-refractivity contribution in [3.05, 3.63) is 59.5 Å². The van der Waals surface area contributed by atoms with E-state index in [0.29, 0.717) is 30.7 Å². The van der Waals surface area contributed by atoms with E-state index in [9.17, 15) is 9.59 Å². The first kappa shape index (κ1) is 18.1. The number of hydrogen-bond donors (Lipinski definition) is 1. The highest BCUT2D eigenvalue weighted by atomic mass is 16.3. The third kappa shape index (κ3) is 3.34. The molecule has 28 heavy (non-hydrogen) atoms. The van der Waals surface area contributed by atoms with Gasteiger partial charge in [0.15, 0.2) is 5.65 Å². The number of hydrogen-bond acceptors (Lipinski definition) is 5. The van der Waals surface area contributed by atoms with Crippen LogP contribution in [0.5, 0.6) is 0 Å². The summed E-state index contributed by atoms with van der Waals surface area (Å²) in [7, 11) is 0. The van der Waals surface area contributed by atoms with E-state index in [1.54, 1.807) is 17.3 Å². The number of aliphatic hydroxyl groups excluding tert-OH is 1. The summed E-state index contributed by atoms with van der Waals surface area (Å²) < 4.78 is 1.53. The molecule has 1 saturated heterocycles. The summed E-state index contributed by atoms with van der Waals surface area (Å²) in [5.74, 6) is -0.368. The number of aromatic nitrogens is 3. The van der Waals surface area contributed by atoms with Crippen molar-refractivity contribution in [2.45, 2.75) is 13.3 Å². The Bertz CT molecular complexity index is 1030. The molecule has 3 heterocycles. The van der Waals surface area contributed by atoms with Gasteiger partial charge in [-0.3, -0.25) is 9.59 Å². The van der Waals surface area contributed by atoms with Crippen molar-refractivity contribution in [3.63, 3.8) is 0 Å². The average Bonchev–Trinajstić information content (AvgIpc) is 3.12. The molecule has 0 atom stereocenters. The number of anilines is 1. The summed E-state index contributed by atoms with van der Waals surface area (Å²) in [6.45, 7) is 2.93. The predicted molar refractivity (Wildman–Crippen MR) is 103 cm³/mol. The summed E-state index contributed by atoms with van der Waals surface area (Å²) in [4.78, 5) is 33.1. The first-order chi connectivity index (χ1) is 13.6. The second-order valence-electron chi connectivity index (χ2n) is 6.87. The third-order valence-corrected chi connectivity index (χ3v) is 4.89. The normalized spacial score (nSPS) is 14.7. The fourth-order valence-corrected chi connectivity index (χ4v) is 3.34. The minimum Gasteiger partial charge on any atom is -0.396 e. The number of aliphatic hydroxyl groups is 1. The van der Waals surface area contributed by atoms with Crippen molar-refractivity contribution in [3.8, 4) is 0 Å². The van der Waals surface area contributed by atoms with Crippen molar-refractivity contribution in [2.75, 3.05) is 31.1 Å². The van der Waals surface area contributed by atoms with Crippen LogP contribution in [0.25, 0.3) is 5.65 Å². The first-order valence-corrected chi connectivity index (χ1v) is 9.16. The largest absolute Gasteiger partial charge is 0.396 e. The molecule has 1 N–H and O–H groups in total. The van der Waals surface area contributed by atoms with Gasteiger partial charge in [0.2, 0.25) is 5.91 Å². The van der Waals surface area contributed by atoms with E-state index in [2.05, 4.69) is 10.1 Å². The van der Waals surface area contributed by atoms with Crippen LogP contribution in [-0.2, 0) is 11.2 Å². The highest BCUT2D eigenvalue weighted by Gasteiger charge is 2.30. The molecule has 3 aromatic rings. The number of carbonyl (C=O) groups is 2. The van der Waals surface area contributed by atoms with Crippen LogP contribution in [0, 0.1) is 6.92 Å². The maximum Gasteiger partial charge on any atom is 0.259 e. The standard InChI is InChI=1S/C20H21N5O3/c1-14-2-4-16(5-3-14)24-8-7-23(13-18(24)27)20(28)17-11-22-25-12-15(6-9-26)10-21-19(17)25/h2-5,10-12,26H,6-9,13H2,1H3. The van der Waals surface area contributed by atoms with Crippen LogP contribution < -0.4 is 4.90 Å². The van der Waals surface area contributed by atoms with Gasteiger partial charge in [0.25, 0.3) is 5.91 Å². The minimum atomic E-state index is -0.255. The molecular weight excluding hydrogens is 358 g/mol. The molecule has 2 amide bonds. The Morgan fingerprint density at radius 3 is 2.68 bits per heavy atom. The predicted octanol–water partition coefficient (Wildman–Crippen LogP) is 1.06. The average molecular weight is 379 g/mol. The Hall–Kier alpha value is -3.26. The van der Waals surface area contributed by atoms with Crippen LogP contribution in [0.15, 0.2) is 42.9 Å². The number of benzene rings is 1. The lowest BCUT2D eigenvalue weighted by Gasteiger charge is -2.34. The van der Waals surface area contributed by atoms with Gasteiger partial charge < -0.3 is 14.9 Å². The Morgan fingerprint density at radius 1 is 1.18 bits per heavy atom. The molecule has 8 nitrogen and oxygen atoms in total. The molecule has 0 spiro atoms. The quantitative estimate of drug-likeness (QED) is 0.732. The molecule has 0 aliphatic carbocycles. The minimum absolute atomic E-state index is 0.0205. The van der Waals surface area contributed by atoms with Crippen LogP contribution in [-0.4, -0.2) is 62.7 Å². The van der Waals surface area contributed by atoms with Gasteiger partial charge in [0.05, 0.1) is 6.20 Å². The van der Waals surface area contributed by atoms with Gasteiger partial charge in [-0.25, -0.2) is 9.50 Å². The number of piperazine rings is 1. The summed E-state index contributed by atoms with van der Waals surface area (Å²) >= 11 is 0. The van der Waals surface area contributed by atoms with Gasteiger partial charge in [0, 0.05) is 37.8 Å². The summed E-state index contributed by atoms with van der Waals surface area (Å²) in [6, 6.07) is 7.78. The van der Waals surface area contributed by atoms with Gasteiger partial charge in [-0.2, -0.15) is 5.10 Å². The van der Waals surface area contributed by atoms with Gasteiger partial charge in [-0.1, -0.05) is 17.7 Å². The van der Waals surface area contributed by atoms with E-state index in [1.165, 1.54) is 15.6 Å². The molecule has 0 bridgehead atoms. The molecule has 1 aliphatic rings. The van der Waals surface area contributed by atoms with E-state index in [-0.39, 0.29) is 25.0 Å². The number of fused-ring (bicyclic) bond motifs is 1. The lowest BCUT2D eigenvalue weighted by Crippen LogP contribution is -2.52. The highest BCUT2D eigenvalue weighted by molar-refractivity contribution is 6.04. The van der Waals surface area contributed by atoms with Gasteiger partial charge in [-0.05, 0) is 31.0 Å². The smallest absolute Gasteiger partial charge is 0.259 e. The van der Waals surface area contributed by atoms with Crippen molar-refractivity contribution in [2.24, 2.45) is 0 Å². The monoisotopic (exact) mass is 379 g/mol. The molecule has 4 rings (SSSR count). The summed E-state index contributed by atoms with van der Waals surface area (Å²) in [5.41, 5.74) is 3.62. The Morgan fingerprint density at radius 2 is 1.96 bits per heavy atom. The van der Waals surface area contributed by atoms with Gasteiger partial charge in [-0.15, -0.1) is 0 Å². The molecule has 0 unspecified atom stereocenters. The zero-order chi connectivity index (χ0) is 19.7. The number of carbonyl (C=O) groups excluding carboxylic acids is 2. The number of amides is 2. The molecule has 2 aromatic heterocycles. The SMILES string of the molecule is Cc1ccc(N2CCN(C(=O)c3cnn4cc(CCO)cnc34)CC2=O)cc1. The van der Waals surface area contributed by atoms with Crippen LogP contribution in [0.4, 0.5) is 5.69 Å². The van der Waals surface area contributed by atoms with Crippen molar-refractivity contribution in [1.29, 1.82) is 0 Å². The van der Waals surface area contributed by atoms with E-state index in [4.69, 9.17) is 5.11 Å². The van der Waals surface area contributed by atoms with Crippen LogP contribution in [0.2, 0.25) is 0 Å². The first-order valence-electron chi connectivity index (χ1n) is 9.16. The van der Waals surface area contributed by atoms with E-state index < -0.39 is 0 Å². The zero-order valence-corrected chi connectivity index (χ0v) is 15.6. The van der Waals surface area contributed by atoms with Crippen molar-refractivity contribution < 1.29 is 14.7 Å². The molecule has 1 aliphatic heterocycles. The molecule has 8 heteroatoms.